The maximum atomic E-state index is 12.9. The van der Waals surface area contributed by atoms with Gasteiger partial charge in [0.25, 0.3) is 0 Å². The van der Waals surface area contributed by atoms with Gasteiger partial charge in [0, 0.05) is 5.56 Å². The van der Waals surface area contributed by atoms with Crippen molar-refractivity contribution in [2.45, 2.75) is 5.16 Å². The first-order valence-electron chi connectivity index (χ1n) is 5.03. The van der Waals surface area contributed by atoms with E-state index in [1.807, 2.05) is 12.3 Å². The molecule has 4 nitrogen and oxygen atoms in total. The number of hydrogen-bond donors (Lipinski definition) is 1. The number of nitrogens with two attached hydrogens (primary N) is 1. The van der Waals surface area contributed by atoms with E-state index >= 15 is 0 Å². The van der Waals surface area contributed by atoms with Gasteiger partial charge in [-0.1, -0.05) is 11.8 Å². The number of nitrogens with zero attached hydrogens (tertiary/aromatic N) is 3. The fourth-order valence-corrected chi connectivity index (χ4v) is 1.85. The minimum atomic E-state index is -0.343. The molecule has 6 heteroatoms. The number of anilines is 1. The van der Waals surface area contributed by atoms with Crippen LogP contribution < -0.4 is 5.73 Å². The zero-order valence-corrected chi connectivity index (χ0v) is 10.3. The monoisotopic (exact) mass is 260 g/mol. The van der Waals surface area contributed by atoms with E-state index in [1.165, 1.54) is 23.9 Å². The van der Waals surface area contributed by atoms with Gasteiger partial charge in [-0.05, 0) is 30.5 Å². The van der Waals surface area contributed by atoms with Crippen LogP contribution in [0.2, 0.25) is 0 Å². The van der Waals surface area contributed by atoms with Crippen molar-refractivity contribution in [3.8, 4) is 17.3 Å². The molecule has 0 saturated heterocycles. The molecule has 0 aliphatic heterocycles. The van der Waals surface area contributed by atoms with E-state index in [9.17, 15) is 4.39 Å². The molecule has 1 aromatic carbocycles. The largest absolute Gasteiger partial charge is 0.382 e. The molecule has 1 aromatic heterocycles. The molecule has 0 radical (unpaired) electrons. The number of nitriles is 1. The van der Waals surface area contributed by atoms with Crippen LogP contribution in [-0.2, 0) is 0 Å². The number of hydrogen-bond acceptors (Lipinski definition) is 5. The molecule has 0 aliphatic carbocycles. The quantitative estimate of drug-likeness (QED) is 0.663. The van der Waals surface area contributed by atoms with Crippen LogP contribution in [0.25, 0.3) is 11.3 Å². The second-order valence-corrected chi connectivity index (χ2v) is 4.21. The van der Waals surface area contributed by atoms with Crippen molar-refractivity contribution in [1.82, 2.24) is 9.97 Å². The highest BCUT2D eigenvalue weighted by Gasteiger charge is 2.13. The molecule has 0 atom stereocenters. The first-order chi connectivity index (χ1) is 8.65. The summed E-state index contributed by atoms with van der Waals surface area (Å²) in [5.41, 5.74) is 6.98. The van der Waals surface area contributed by atoms with Crippen LogP contribution in [-0.4, -0.2) is 16.2 Å². The van der Waals surface area contributed by atoms with Crippen molar-refractivity contribution < 1.29 is 4.39 Å². The molecule has 0 bridgehead atoms. The Kier molecular flexibility index (Phi) is 3.44. The summed E-state index contributed by atoms with van der Waals surface area (Å²) in [6.07, 6.45) is 1.81. The van der Waals surface area contributed by atoms with E-state index in [0.717, 1.165) is 0 Å². The Morgan fingerprint density at radius 1 is 1.28 bits per heavy atom. The number of thioether (sulfide) groups is 1. The molecule has 2 aromatic rings. The van der Waals surface area contributed by atoms with E-state index in [1.54, 1.807) is 12.1 Å². The van der Waals surface area contributed by atoms with Crippen molar-refractivity contribution in [1.29, 1.82) is 5.26 Å². The molecular weight excluding hydrogens is 251 g/mol. The second-order valence-electron chi connectivity index (χ2n) is 3.44. The standard InChI is InChI=1S/C12H9FN4S/c1-18-12-16-10(9(6-14)11(15)17-12)7-2-4-8(13)5-3-7/h2-5H,1H3,(H2,15,16,17). The first kappa shape index (κ1) is 12.3. The number of nitrogen functional groups attached to an aromatic ring is 1. The van der Waals surface area contributed by atoms with Gasteiger partial charge in [0.1, 0.15) is 23.3 Å². The van der Waals surface area contributed by atoms with Gasteiger partial charge in [0.15, 0.2) is 5.16 Å². The Bertz CT molecular complexity index is 619. The first-order valence-corrected chi connectivity index (χ1v) is 6.25. The van der Waals surface area contributed by atoms with E-state index in [2.05, 4.69) is 9.97 Å². The van der Waals surface area contributed by atoms with Gasteiger partial charge in [-0.2, -0.15) is 5.26 Å². The Balaban J connectivity index is 2.65. The summed E-state index contributed by atoms with van der Waals surface area (Å²) in [5.74, 6) is -0.208. The molecule has 2 rings (SSSR count). The third kappa shape index (κ3) is 2.26. The maximum absolute atomic E-state index is 12.9. The van der Waals surface area contributed by atoms with Crippen molar-refractivity contribution in [3.63, 3.8) is 0 Å². The van der Waals surface area contributed by atoms with E-state index in [0.29, 0.717) is 16.4 Å². The van der Waals surface area contributed by atoms with Gasteiger partial charge >= 0.3 is 0 Å². The molecule has 0 saturated carbocycles. The Morgan fingerprint density at radius 3 is 2.50 bits per heavy atom. The van der Waals surface area contributed by atoms with Gasteiger partial charge in [-0.15, -0.1) is 0 Å². The molecule has 0 spiro atoms. The molecule has 0 unspecified atom stereocenters. The fraction of sp³-hybridized carbons (Fsp3) is 0.0833. The average molecular weight is 260 g/mol. The van der Waals surface area contributed by atoms with Crippen molar-refractivity contribution in [2.75, 3.05) is 12.0 Å². The smallest absolute Gasteiger partial charge is 0.189 e. The summed E-state index contributed by atoms with van der Waals surface area (Å²) in [6.45, 7) is 0. The predicted molar refractivity (Wildman–Crippen MR) is 68.3 cm³/mol. The van der Waals surface area contributed by atoms with Gasteiger partial charge in [0.2, 0.25) is 0 Å². The molecule has 18 heavy (non-hydrogen) atoms. The minimum Gasteiger partial charge on any atom is -0.382 e. The molecule has 0 fully saturated rings. The van der Waals surface area contributed by atoms with Crippen LogP contribution >= 0.6 is 11.8 Å². The highest BCUT2D eigenvalue weighted by Crippen LogP contribution is 2.26. The van der Waals surface area contributed by atoms with Gasteiger partial charge < -0.3 is 5.73 Å². The number of benzene rings is 1. The van der Waals surface area contributed by atoms with Crippen molar-refractivity contribution in [3.05, 3.63) is 35.6 Å². The lowest BCUT2D eigenvalue weighted by atomic mass is 10.1. The normalized spacial score (nSPS) is 10.1. The topological polar surface area (TPSA) is 75.6 Å². The molecule has 0 amide bonds. The number of aromatic nitrogens is 2. The van der Waals surface area contributed by atoms with Crippen LogP contribution in [0.5, 0.6) is 0 Å². The SMILES string of the molecule is CSc1nc(N)c(C#N)c(-c2ccc(F)cc2)n1. The van der Waals surface area contributed by atoms with E-state index in [-0.39, 0.29) is 17.2 Å². The zero-order valence-electron chi connectivity index (χ0n) is 9.51. The van der Waals surface area contributed by atoms with Crippen molar-refractivity contribution >= 4 is 17.6 Å². The lowest BCUT2D eigenvalue weighted by molar-refractivity contribution is 0.628. The average Bonchev–Trinajstić information content (AvgIpc) is 2.38. The van der Waals surface area contributed by atoms with Gasteiger partial charge in [-0.3, -0.25) is 0 Å². The molecule has 1 heterocycles. The van der Waals surface area contributed by atoms with Gasteiger partial charge in [0.05, 0.1) is 5.69 Å². The maximum Gasteiger partial charge on any atom is 0.189 e. The third-order valence-electron chi connectivity index (χ3n) is 2.33. The summed E-state index contributed by atoms with van der Waals surface area (Å²) in [5, 5.41) is 9.57. The highest BCUT2D eigenvalue weighted by molar-refractivity contribution is 7.98. The van der Waals surface area contributed by atoms with Crippen LogP contribution in [0.1, 0.15) is 5.56 Å². The van der Waals surface area contributed by atoms with Crippen LogP contribution in [0.4, 0.5) is 10.2 Å². The third-order valence-corrected chi connectivity index (χ3v) is 2.88. The Hall–Kier alpha value is -2.13. The van der Waals surface area contributed by atoms with Crippen molar-refractivity contribution in [2.24, 2.45) is 0 Å². The summed E-state index contributed by atoms with van der Waals surface area (Å²) >= 11 is 1.33. The number of rotatable bonds is 2. The summed E-state index contributed by atoms with van der Waals surface area (Å²) in [7, 11) is 0. The van der Waals surface area contributed by atoms with E-state index < -0.39 is 0 Å². The van der Waals surface area contributed by atoms with E-state index in [4.69, 9.17) is 11.0 Å². The lowest BCUT2D eigenvalue weighted by Gasteiger charge is -2.07. The predicted octanol–water partition coefficient (Wildman–Crippen LogP) is 2.46. The molecule has 90 valence electrons. The lowest BCUT2D eigenvalue weighted by Crippen LogP contribution is -2.02. The minimum absolute atomic E-state index is 0.135. The molecular formula is C12H9FN4S. The summed E-state index contributed by atoms with van der Waals surface area (Å²) in [6, 6.07) is 7.72. The highest BCUT2D eigenvalue weighted by atomic mass is 32.2. The summed E-state index contributed by atoms with van der Waals surface area (Å²) < 4.78 is 12.9. The summed E-state index contributed by atoms with van der Waals surface area (Å²) in [4.78, 5) is 8.25. The van der Waals surface area contributed by atoms with Gasteiger partial charge in [-0.25, -0.2) is 14.4 Å². The Morgan fingerprint density at radius 2 is 1.94 bits per heavy atom. The van der Waals surface area contributed by atoms with Crippen LogP contribution in [0.15, 0.2) is 29.4 Å². The fourth-order valence-electron chi connectivity index (χ4n) is 1.47. The zero-order chi connectivity index (χ0) is 13.1. The second kappa shape index (κ2) is 5.02. The Labute approximate surface area is 108 Å². The van der Waals surface area contributed by atoms with Crippen LogP contribution in [0, 0.1) is 17.1 Å². The molecule has 0 aliphatic rings. The van der Waals surface area contributed by atoms with Crippen LogP contribution in [0.3, 0.4) is 0 Å². The number of halogens is 1. The molecule has 2 N–H and O–H groups in total.